The lowest BCUT2D eigenvalue weighted by atomic mass is 10.1. The lowest BCUT2D eigenvalue weighted by Gasteiger charge is -2.11. The van der Waals surface area contributed by atoms with Crippen LogP contribution in [0.5, 0.6) is 5.75 Å². The SMILES string of the molecule is COC(=O)CCCCCCCOc1cc2ncnc(Nc3ccc(F)c(Cl)c3)c2cc1[N+](=O)[O-]. The number of nitro benzene ring substituents is 1. The Bertz CT molecular complexity index is 1180. The van der Waals surface area contributed by atoms with Crippen LogP contribution in [0.3, 0.4) is 0 Å². The van der Waals surface area contributed by atoms with Crippen molar-refractivity contribution < 1.29 is 23.6 Å². The summed E-state index contributed by atoms with van der Waals surface area (Å²) in [5.41, 5.74) is 0.718. The fraction of sp³-hybridized carbons (Fsp3) is 0.348. The number of rotatable bonds is 12. The lowest BCUT2D eigenvalue weighted by molar-refractivity contribution is -0.385. The zero-order chi connectivity index (χ0) is 24.5. The second kappa shape index (κ2) is 12.1. The van der Waals surface area contributed by atoms with Crippen molar-refractivity contribution in [3.8, 4) is 5.75 Å². The maximum Gasteiger partial charge on any atom is 0.311 e. The molecule has 0 radical (unpaired) electrons. The van der Waals surface area contributed by atoms with E-state index in [2.05, 4.69) is 20.0 Å². The van der Waals surface area contributed by atoms with Crippen LogP contribution < -0.4 is 10.1 Å². The number of anilines is 2. The van der Waals surface area contributed by atoms with Gasteiger partial charge in [-0.1, -0.05) is 30.9 Å². The van der Waals surface area contributed by atoms with E-state index in [-0.39, 0.29) is 22.4 Å². The van der Waals surface area contributed by atoms with E-state index in [1.165, 1.54) is 43.8 Å². The Morgan fingerprint density at radius 1 is 1.15 bits per heavy atom. The maximum atomic E-state index is 13.4. The van der Waals surface area contributed by atoms with Crippen molar-refractivity contribution in [1.29, 1.82) is 0 Å². The number of methoxy groups -OCH3 is 1. The van der Waals surface area contributed by atoms with Crippen LogP contribution in [0, 0.1) is 15.9 Å². The topological polar surface area (TPSA) is 116 Å². The Balaban J connectivity index is 1.66. The van der Waals surface area contributed by atoms with Gasteiger partial charge in [-0.3, -0.25) is 14.9 Å². The van der Waals surface area contributed by atoms with E-state index in [0.29, 0.717) is 35.4 Å². The Labute approximate surface area is 200 Å². The summed E-state index contributed by atoms with van der Waals surface area (Å²) in [7, 11) is 1.37. The minimum Gasteiger partial charge on any atom is -0.487 e. The van der Waals surface area contributed by atoms with Gasteiger partial charge in [0.2, 0.25) is 0 Å². The first-order valence-corrected chi connectivity index (χ1v) is 11.1. The van der Waals surface area contributed by atoms with Crippen LogP contribution in [-0.4, -0.2) is 34.6 Å². The predicted octanol–water partition coefficient (Wildman–Crippen LogP) is 5.97. The van der Waals surface area contributed by atoms with Crippen LogP contribution in [0.1, 0.15) is 38.5 Å². The van der Waals surface area contributed by atoms with Crippen LogP contribution in [0.15, 0.2) is 36.7 Å². The number of hydrogen-bond acceptors (Lipinski definition) is 8. The molecule has 0 bridgehead atoms. The van der Waals surface area contributed by atoms with Gasteiger partial charge in [-0.25, -0.2) is 14.4 Å². The fourth-order valence-electron chi connectivity index (χ4n) is 3.33. The lowest BCUT2D eigenvalue weighted by Crippen LogP contribution is -2.03. The van der Waals surface area contributed by atoms with Gasteiger partial charge in [0.1, 0.15) is 18.0 Å². The van der Waals surface area contributed by atoms with Gasteiger partial charge in [0.05, 0.1) is 34.6 Å². The van der Waals surface area contributed by atoms with E-state index in [1.807, 2.05) is 0 Å². The van der Waals surface area contributed by atoms with Crippen molar-refractivity contribution in [2.45, 2.75) is 38.5 Å². The molecule has 0 saturated heterocycles. The molecule has 0 fully saturated rings. The van der Waals surface area contributed by atoms with E-state index < -0.39 is 10.7 Å². The summed E-state index contributed by atoms with van der Waals surface area (Å²) in [6, 6.07) is 6.95. The number of nitrogens with zero attached hydrogens (tertiary/aromatic N) is 3. The molecule has 0 atom stereocenters. The summed E-state index contributed by atoms with van der Waals surface area (Å²) in [6.07, 6.45) is 5.91. The Morgan fingerprint density at radius 2 is 1.91 bits per heavy atom. The first-order chi connectivity index (χ1) is 16.4. The third-order valence-electron chi connectivity index (χ3n) is 5.11. The highest BCUT2D eigenvalue weighted by molar-refractivity contribution is 6.31. The number of fused-ring (bicyclic) bond motifs is 1. The number of nitro groups is 1. The van der Waals surface area contributed by atoms with Gasteiger partial charge >= 0.3 is 11.7 Å². The average molecular weight is 491 g/mol. The van der Waals surface area contributed by atoms with Crippen molar-refractivity contribution >= 4 is 45.7 Å². The van der Waals surface area contributed by atoms with Crippen LogP contribution in [0.25, 0.3) is 10.9 Å². The van der Waals surface area contributed by atoms with E-state index >= 15 is 0 Å². The fourth-order valence-corrected chi connectivity index (χ4v) is 3.51. The summed E-state index contributed by atoms with van der Waals surface area (Å²) in [5.74, 6) is -0.332. The molecule has 0 spiro atoms. The van der Waals surface area contributed by atoms with Gasteiger partial charge in [-0.2, -0.15) is 0 Å². The minimum absolute atomic E-state index is 0.0616. The molecule has 1 aromatic heterocycles. The third kappa shape index (κ3) is 6.74. The molecule has 34 heavy (non-hydrogen) atoms. The third-order valence-corrected chi connectivity index (χ3v) is 5.40. The molecular formula is C23H24ClFN4O5. The summed E-state index contributed by atoms with van der Waals surface area (Å²) in [4.78, 5) is 30.6. The van der Waals surface area contributed by atoms with Crippen molar-refractivity contribution in [3.63, 3.8) is 0 Å². The molecule has 0 saturated carbocycles. The number of unbranched alkanes of at least 4 members (excludes halogenated alkanes) is 4. The highest BCUT2D eigenvalue weighted by atomic mass is 35.5. The molecule has 180 valence electrons. The van der Waals surface area contributed by atoms with Crippen LogP contribution in [-0.2, 0) is 9.53 Å². The second-order valence-electron chi connectivity index (χ2n) is 7.51. The summed E-state index contributed by atoms with van der Waals surface area (Å²) >= 11 is 5.83. The number of benzene rings is 2. The van der Waals surface area contributed by atoms with E-state index in [9.17, 15) is 19.3 Å². The number of carbonyl (C=O) groups is 1. The van der Waals surface area contributed by atoms with Gasteiger partial charge < -0.3 is 14.8 Å². The number of carbonyl (C=O) groups excluding carboxylic acids is 1. The molecule has 3 aromatic rings. The molecular weight excluding hydrogens is 467 g/mol. The first-order valence-electron chi connectivity index (χ1n) is 10.7. The highest BCUT2D eigenvalue weighted by Gasteiger charge is 2.19. The monoisotopic (exact) mass is 490 g/mol. The molecule has 0 unspecified atom stereocenters. The van der Waals surface area contributed by atoms with Crippen LogP contribution in [0.2, 0.25) is 5.02 Å². The normalized spacial score (nSPS) is 10.8. The molecule has 11 heteroatoms. The number of nitrogens with one attached hydrogen (secondary N) is 1. The minimum atomic E-state index is -0.557. The largest absolute Gasteiger partial charge is 0.487 e. The van der Waals surface area contributed by atoms with Crippen molar-refractivity contribution in [3.05, 3.63) is 57.6 Å². The van der Waals surface area contributed by atoms with Gasteiger partial charge in [-0.15, -0.1) is 0 Å². The first kappa shape index (κ1) is 25.1. The summed E-state index contributed by atoms with van der Waals surface area (Å²) in [6.45, 7) is 0.313. The van der Waals surface area contributed by atoms with Crippen molar-refractivity contribution in [2.75, 3.05) is 19.0 Å². The molecule has 0 amide bonds. The molecule has 2 aromatic carbocycles. The number of ether oxygens (including phenoxy) is 2. The predicted molar refractivity (Wildman–Crippen MR) is 126 cm³/mol. The Morgan fingerprint density at radius 3 is 2.65 bits per heavy atom. The Hall–Kier alpha value is -3.53. The standard InChI is InChI=1S/C23H24ClFN4O5/c1-33-22(30)7-5-3-2-4-6-10-34-21-13-19-16(12-20(21)29(31)32)23(27-14-26-19)28-15-8-9-18(25)17(24)11-15/h8-9,11-14H,2-7,10H2,1H3,(H,26,27,28). The summed E-state index contributed by atoms with van der Waals surface area (Å²) < 4.78 is 23.7. The number of aromatic nitrogens is 2. The van der Waals surface area contributed by atoms with Gasteiger partial charge in [-0.05, 0) is 31.0 Å². The molecule has 3 rings (SSSR count). The highest BCUT2D eigenvalue weighted by Crippen LogP contribution is 2.35. The molecule has 9 nitrogen and oxygen atoms in total. The molecule has 0 aliphatic rings. The molecule has 1 N–H and O–H groups in total. The average Bonchev–Trinajstić information content (AvgIpc) is 2.82. The molecule has 0 aliphatic carbocycles. The van der Waals surface area contributed by atoms with Gasteiger partial charge in [0, 0.05) is 24.2 Å². The Kier molecular flexibility index (Phi) is 8.92. The smallest absolute Gasteiger partial charge is 0.311 e. The van der Waals surface area contributed by atoms with Crippen LogP contribution in [0.4, 0.5) is 21.6 Å². The van der Waals surface area contributed by atoms with E-state index in [1.54, 1.807) is 0 Å². The maximum absolute atomic E-state index is 13.4. The van der Waals surface area contributed by atoms with Crippen LogP contribution >= 0.6 is 11.6 Å². The molecule has 0 aliphatic heterocycles. The number of esters is 1. The van der Waals surface area contributed by atoms with E-state index in [4.69, 9.17) is 16.3 Å². The van der Waals surface area contributed by atoms with Crippen molar-refractivity contribution in [1.82, 2.24) is 9.97 Å². The second-order valence-corrected chi connectivity index (χ2v) is 7.92. The zero-order valence-electron chi connectivity index (χ0n) is 18.6. The summed E-state index contributed by atoms with van der Waals surface area (Å²) in [5, 5.41) is 15.0. The van der Waals surface area contributed by atoms with Gasteiger partial charge in [0.25, 0.3) is 0 Å². The quantitative estimate of drug-likeness (QED) is 0.143. The molecule has 1 heterocycles. The van der Waals surface area contributed by atoms with E-state index in [0.717, 1.165) is 32.1 Å². The number of hydrogen-bond donors (Lipinski definition) is 1. The number of halogens is 2. The van der Waals surface area contributed by atoms with Gasteiger partial charge in [0.15, 0.2) is 5.75 Å². The zero-order valence-corrected chi connectivity index (χ0v) is 19.3. The van der Waals surface area contributed by atoms with Crippen molar-refractivity contribution in [2.24, 2.45) is 0 Å².